The van der Waals surface area contributed by atoms with Crippen LogP contribution in [-0.4, -0.2) is 35.6 Å². The van der Waals surface area contributed by atoms with Gasteiger partial charge in [-0.25, -0.2) is 0 Å². The minimum Gasteiger partial charge on any atom is -0.396 e. The van der Waals surface area contributed by atoms with Gasteiger partial charge in [0.05, 0.1) is 0 Å². The van der Waals surface area contributed by atoms with Gasteiger partial charge in [0, 0.05) is 25.6 Å². The molecule has 1 aliphatic carbocycles. The summed E-state index contributed by atoms with van der Waals surface area (Å²) in [6.45, 7) is 6.21. The van der Waals surface area contributed by atoms with Crippen molar-refractivity contribution in [3.05, 3.63) is 0 Å². The molecule has 0 aromatic heterocycles. The molecule has 1 amide bonds. The molecule has 122 valence electrons. The summed E-state index contributed by atoms with van der Waals surface area (Å²) >= 11 is 0. The van der Waals surface area contributed by atoms with Crippen molar-refractivity contribution in [3.63, 3.8) is 0 Å². The molecular weight excluding hydrogens is 262 g/mol. The van der Waals surface area contributed by atoms with Gasteiger partial charge in [-0.3, -0.25) is 4.79 Å². The Bertz CT molecular complexity index is 322. The molecule has 1 N–H and O–H groups in total. The number of amides is 1. The van der Waals surface area contributed by atoms with E-state index in [0.29, 0.717) is 5.91 Å². The lowest BCUT2D eigenvalue weighted by Crippen LogP contribution is -2.46. The largest absolute Gasteiger partial charge is 0.396 e. The highest BCUT2D eigenvalue weighted by molar-refractivity contribution is 5.78. The molecule has 1 saturated carbocycles. The molecule has 2 aliphatic rings. The topological polar surface area (TPSA) is 40.5 Å². The summed E-state index contributed by atoms with van der Waals surface area (Å²) in [5.41, 5.74) is 0.0728. The monoisotopic (exact) mass is 295 g/mol. The third-order valence-electron chi connectivity index (χ3n) is 6.05. The van der Waals surface area contributed by atoms with Gasteiger partial charge in [-0.2, -0.15) is 0 Å². The fourth-order valence-electron chi connectivity index (χ4n) is 4.16. The molecule has 1 atom stereocenters. The Morgan fingerprint density at radius 1 is 1.24 bits per heavy atom. The van der Waals surface area contributed by atoms with E-state index in [-0.39, 0.29) is 17.9 Å². The summed E-state index contributed by atoms with van der Waals surface area (Å²) in [7, 11) is 0. The van der Waals surface area contributed by atoms with E-state index in [1.165, 1.54) is 32.1 Å². The first kappa shape index (κ1) is 16.8. The van der Waals surface area contributed by atoms with E-state index >= 15 is 0 Å². The second kappa shape index (κ2) is 7.62. The summed E-state index contributed by atoms with van der Waals surface area (Å²) < 4.78 is 0. The fraction of sp³-hybridized carbons (Fsp3) is 0.944. The number of likely N-dealkylation sites (tertiary alicyclic amines) is 1. The molecule has 3 nitrogen and oxygen atoms in total. The van der Waals surface area contributed by atoms with Crippen molar-refractivity contribution in [3.8, 4) is 0 Å². The fourth-order valence-corrected chi connectivity index (χ4v) is 4.16. The van der Waals surface area contributed by atoms with E-state index in [4.69, 9.17) is 0 Å². The van der Waals surface area contributed by atoms with Gasteiger partial charge < -0.3 is 10.0 Å². The van der Waals surface area contributed by atoms with Crippen LogP contribution in [0.25, 0.3) is 0 Å². The van der Waals surface area contributed by atoms with E-state index in [2.05, 4.69) is 18.7 Å². The maximum absolute atomic E-state index is 12.6. The van der Waals surface area contributed by atoms with E-state index < -0.39 is 0 Å². The van der Waals surface area contributed by atoms with Gasteiger partial charge in [0.1, 0.15) is 0 Å². The zero-order chi connectivity index (χ0) is 15.3. The SMILES string of the molecule is CCC1(CO)CCN(C(=O)C(C)CC2CCCCC2)CC1. The summed E-state index contributed by atoms with van der Waals surface area (Å²) in [4.78, 5) is 14.7. The summed E-state index contributed by atoms with van der Waals surface area (Å²) in [5, 5.41) is 9.59. The van der Waals surface area contributed by atoms with Crippen molar-refractivity contribution in [2.75, 3.05) is 19.7 Å². The average Bonchev–Trinajstić information content (AvgIpc) is 2.55. The zero-order valence-electron chi connectivity index (χ0n) is 13.9. The first-order chi connectivity index (χ1) is 10.1. The van der Waals surface area contributed by atoms with E-state index in [0.717, 1.165) is 44.7 Å². The lowest BCUT2D eigenvalue weighted by atomic mass is 9.76. The second-order valence-corrected chi connectivity index (χ2v) is 7.48. The minimum absolute atomic E-state index is 0.0728. The third kappa shape index (κ3) is 4.21. The van der Waals surface area contributed by atoms with Crippen LogP contribution in [0.1, 0.15) is 71.6 Å². The Morgan fingerprint density at radius 3 is 2.38 bits per heavy atom. The number of hydrogen-bond acceptors (Lipinski definition) is 2. The van der Waals surface area contributed by atoms with Crippen LogP contribution in [0.5, 0.6) is 0 Å². The number of carbonyl (C=O) groups excluding carboxylic acids is 1. The molecule has 0 bridgehead atoms. The van der Waals surface area contributed by atoms with Gasteiger partial charge in [-0.05, 0) is 37.0 Å². The second-order valence-electron chi connectivity index (χ2n) is 7.48. The lowest BCUT2D eigenvalue weighted by molar-refractivity contribution is -0.138. The van der Waals surface area contributed by atoms with Crippen LogP contribution in [0, 0.1) is 17.3 Å². The smallest absolute Gasteiger partial charge is 0.225 e. The first-order valence-electron chi connectivity index (χ1n) is 9.00. The predicted molar refractivity (Wildman–Crippen MR) is 86.0 cm³/mol. The molecule has 2 fully saturated rings. The van der Waals surface area contributed by atoms with E-state index in [9.17, 15) is 9.90 Å². The maximum atomic E-state index is 12.6. The van der Waals surface area contributed by atoms with Crippen molar-refractivity contribution in [1.82, 2.24) is 4.90 Å². The van der Waals surface area contributed by atoms with Crippen molar-refractivity contribution < 1.29 is 9.90 Å². The van der Waals surface area contributed by atoms with E-state index in [1.54, 1.807) is 0 Å². The van der Waals surface area contributed by atoms with Gasteiger partial charge in [0.2, 0.25) is 5.91 Å². The molecule has 0 radical (unpaired) electrons. The standard InChI is InChI=1S/C18H33NO2/c1-3-18(14-20)9-11-19(12-10-18)17(21)15(2)13-16-7-5-4-6-8-16/h15-16,20H,3-14H2,1-2H3. The highest BCUT2D eigenvalue weighted by Crippen LogP contribution is 2.35. The van der Waals surface area contributed by atoms with Gasteiger partial charge >= 0.3 is 0 Å². The first-order valence-corrected chi connectivity index (χ1v) is 9.00. The Kier molecular flexibility index (Phi) is 6.09. The number of hydrogen-bond donors (Lipinski definition) is 1. The van der Waals surface area contributed by atoms with Crippen LogP contribution in [-0.2, 0) is 4.79 Å². The van der Waals surface area contributed by atoms with Gasteiger partial charge in [0.25, 0.3) is 0 Å². The number of carbonyl (C=O) groups is 1. The zero-order valence-corrected chi connectivity index (χ0v) is 13.9. The Morgan fingerprint density at radius 2 is 1.86 bits per heavy atom. The Labute approximate surface area is 130 Å². The van der Waals surface area contributed by atoms with Crippen LogP contribution in [0.2, 0.25) is 0 Å². The van der Waals surface area contributed by atoms with Crippen molar-refractivity contribution in [1.29, 1.82) is 0 Å². The van der Waals surface area contributed by atoms with Gasteiger partial charge in [0.15, 0.2) is 0 Å². The summed E-state index contributed by atoms with van der Waals surface area (Å²) in [5.74, 6) is 1.30. The van der Waals surface area contributed by atoms with Crippen molar-refractivity contribution in [2.24, 2.45) is 17.3 Å². The average molecular weight is 295 g/mol. The number of aliphatic hydroxyl groups excluding tert-OH is 1. The molecule has 1 saturated heterocycles. The number of aliphatic hydroxyl groups is 1. The summed E-state index contributed by atoms with van der Waals surface area (Å²) in [6.07, 6.45) is 10.7. The van der Waals surface area contributed by atoms with Crippen LogP contribution < -0.4 is 0 Å². The predicted octanol–water partition coefficient (Wildman–Crippen LogP) is 3.60. The third-order valence-corrected chi connectivity index (χ3v) is 6.05. The molecule has 1 unspecified atom stereocenters. The molecular formula is C18H33NO2. The molecule has 0 aromatic rings. The van der Waals surface area contributed by atoms with Gasteiger partial charge in [-0.15, -0.1) is 0 Å². The molecule has 0 spiro atoms. The highest BCUT2D eigenvalue weighted by atomic mass is 16.3. The molecule has 21 heavy (non-hydrogen) atoms. The van der Waals surface area contributed by atoms with Crippen LogP contribution >= 0.6 is 0 Å². The number of rotatable bonds is 5. The van der Waals surface area contributed by atoms with Crippen molar-refractivity contribution in [2.45, 2.75) is 71.6 Å². The molecule has 1 heterocycles. The van der Waals surface area contributed by atoms with E-state index in [1.807, 2.05) is 0 Å². The lowest BCUT2D eigenvalue weighted by Gasteiger charge is -2.41. The summed E-state index contributed by atoms with van der Waals surface area (Å²) in [6, 6.07) is 0. The minimum atomic E-state index is 0.0728. The Hall–Kier alpha value is -0.570. The highest BCUT2D eigenvalue weighted by Gasteiger charge is 2.35. The van der Waals surface area contributed by atoms with Crippen LogP contribution in [0.3, 0.4) is 0 Å². The quantitative estimate of drug-likeness (QED) is 0.842. The maximum Gasteiger partial charge on any atom is 0.225 e. The molecule has 2 rings (SSSR count). The van der Waals surface area contributed by atoms with Crippen molar-refractivity contribution >= 4 is 5.91 Å². The molecule has 1 aliphatic heterocycles. The normalized spacial score (nSPS) is 24.8. The van der Waals surface area contributed by atoms with Crippen LogP contribution in [0.4, 0.5) is 0 Å². The molecule has 0 aromatic carbocycles. The number of nitrogens with zero attached hydrogens (tertiary/aromatic N) is 1. The van der Waals surface area contributed by atoms with Crippen LogP contribution in [0.15, 0.2) is 0 Å². The molecule has 3 heteroatoms. The number of piperidine rings is 1. The van der Waals surface area contributed by atoms with Gasteiger partial charge in [-0.1, -0.05) is 46.0 Å². The Balaban J connectivity index is 1.80.